The van der Waals surface area contributed by atoms with Crippen LogP contribution in [-0.2, 0) is 12.8 Å². The van der Waals surface area contributed by atoms with E-state index in [4.69, 9.17) is 5.73 Å². The van der Waals surface area contributed by atoms with E-state index in [1.807, 2.05) is 12.1 Å². The highest BCUT2D eigenvalue weighted by Crippen LogP contribution is 2.23. The number of hydrogen-bond donors (Lipinski definition) is 1. The standard InChI is InChI=1S/C14H15Br2N3/c1-2-3-11-13(16)14(17)19-12(18-11)8-9-4-6-10(15)7-5-9/h4-7H,2-3,8H2,1H3,(H2,17,18,19). The molecule has 3 nitrogen and oxygen atoms in total. The average molecular weight is 385 g/mol. The molecule has 0 spiro atoms. The molecule has 1 aromatic heterocycles. The van der Waals surface area contributed by atoms with Crippen molar-refractivity contribution in [2.45, 2.75) is 26.2 Å². The zero-order valence-corrected chi connectivity index (χ0v) is 13.8. The predicted molar refractivity (Wildman–Crippen MR) is 85.1 cm³/mol. The molecule has 0 bridgehead atoms. The molecule has 1 heterocycles. The number of anilines is 1. The summed E-state index contributed by atoms with van der Waals surface area (Å²) in [6.07, 6.45) is 2.63. The third-order valence-electron chi connectivity index (χ3n) is 2.75. The van der Waals surface area contributed by atoms with E-state index in [0.717, 1.165) is 33.3 Å². The first-order valence-corrected chi connectivity index (χ1v) is 7.74. The van der Waals surface area contributed by atoms with Crippen LogP contribution in [0.1, 0.15) is 30.4 Å². The van der Waals surface area contributed by atoms with Crippen LogP contribution in [0, 0.1) is 0 Å². The summed E-state index contributed by atoms with van der Waals surface area (Å²) in [4.78, 5) is 8.93. The molecule has 5 heteroatoms. The van der Waals surface area contributed by atoms with Gasteiger partial charge >= 0.3 is 0 Å². The van der Waals surface area contributed by atoms with Gasteiger partial charge in [-0.25, -0.2) is 9.97 Å². The molecule has 0 radical (unpaired) electrons. The lowest BCUT2D eigenvalue weighted by Gasteiger charge is -2.08. The summed E-state index contributed by atoms with van der Waals surface area (Å²) in [7, 11) is 0. The second kappa shape index (κ2) is 6.48. The van der Waals surface area contributed by atoms with E-state index in [-0.39, 0.29) is 0 Å². The summed E-state index contributed by atoms with van der Waals surface area (Å²) < 4.78 is 1.90. The first-order chi connectivity index (χ1) is 9.10. The number of hydrogen-bond acceptors (Lipinski definition) is 3. The van der Waals surface area contributed by atoms with Crippen molar-refractivity contribution in [2.24, 2.45) is 0 Å². The van der Waals surface area contributed by atoms with Crippen LogP contribution in [0.2, 0.25) is 0 Å². The van der Waals surface area contributed by atoms with E-state index >= 15 is 0 Å². The van der Waals surface area contributed by atoms with Gasteiger partial charge in [-0.2, -0.15) is 0 Å². The van der Waals surface area contributed by atoms with Gasteiger partial charge in [-0.3, -0.25) is 0 Å². The lowest BCUT2D eigenvalue weighted by Crippen LogP contribution is -2.06. The largest absolute Gasteiger partial charge is 0.383 e. The van der Waals surface area contributed by atoms with Crippen molar-refractivity contribution in [1.29, 1.82) is 0 Å². The minimum absolute atomic E-state index is 0.519. The Kier molecular flexibility index (Phi) is 4.93. The molecule has 0 aliphatic rings. The van der Waals surface area contributed by atoms with Gasteiger partial charge in [0.05, 0.1) is 10.2 Å². The van der Waals surface area contributed by atoms with Crippen molar-refractivity contribution in [3.63, 3.8) is 0 Å². The Morgan fingerprint density at radius 3 is 2.42 bits per heavy atom. The van der Waals surface area contributed by atoms with Crippen LogP contribution in [0.5, 0.6) is 0 Å². The molecule has 0 saturated carbocycles. The highest BCUT2D eigenvalue weighted by molar-refractivity contribution is 9.10. The molecule has 0 atom stereocenters. The van der Waals surface area contributed by atoms with Crippen molar-refractivity contribution >= 4 is 37.7 Å². The SMILES string of the molecule is CCCc1nc(Cc2ccc(Br)cc2)nc(N)c1Br. The molecule has 0 aliphatic heterocycles. The van der Waals surface area contributed by atoms with Crippen molar-refractivity contribution in [3.05, 3.63) is 50.3 Å². The van der Waals surface area contributed by atoms with Crippen LogP contribution in [0.25, 0.3) is 0 Å². The van der Waals surface area contributed by atoms with E-state index in [1.54, 1.807) is 0 Å². The third kappa shape index (κ3) is 3.76. The fourth-order valence-corrected chi connectivity index (χ4v) is 2.47. The molecule has 1 aromatic carbocycles. The number of halogens is 2. The minimum Gasteiger partial charge on any atom is -0.383 e. The monoisotopic (exact) mass is 383 g/mol. The number of rotatable bonds is 4. The summed E-state index contributed by atoms with van der Waals surface area (Å²) in [6, 6.07) is 8.16. The van der Waals surface area contributed by atoms with Gasteiger partial charge in [-0.05, 0) is 40.0 Å². The van der Waals surface area contributed by atoms with Gasteiger partial charge < -0.3 is 5.73 Å². The molecule has 0 amide bonds. The van der Waals surface area contributed by atoms with E-state index in [1.165, 1.54) is 5.56 Å². The maximum atomic E-state index is 5.92. The molecule has 19 heavy (non-hydrogen) atoms. The molecule has 2 N–H and O–H groups in total. The molecular formula is C14H15Br2N3. The molecular weight excluding hydrogens is 370 g/mol. The Labute approximate surface area is 129 Å². The molecule has 2 rings (SSSR count). The molecule has 0 fully saturated rings. The van der Waals surface area contributed by atoms with Gasteiger partial charge in [-0.1, -0.05) is 41.4 Å². The lowest BCUT2D eigenvalue weighted by atomic mass is 10.1. The lowest BCUT2D eigenvalue weighted by molar-refractivity contribution is 0.837. The number of nitrogens with two attached hydrogens (primary N) is 1. The van der Waals surface area contributed by atoms with Crippen LogP contribution in [-0.4, -0.2) is 9.97 Å². The van der Waals surface area contributed by atoms with E-state index in [9.17, 15) is 0 Å². The number of nitrogen functional groups attached to an aromatic ring is 1. The Morgan fingerprint density at radius 2 is 1.79 bits per heavy atom. The van der Waals surface area contributed by atoms with E-state index in [0.29, 0.717) is 12.2 Å². The highest BCUT2D eigenvalue weighted by Gasteiger charge is 2.10. The van der Waals surface area contributed by atoms with Crippen LogP contribution in [0.15, 0.2) is 33.2 Å². The molecule has 0 unspecified atom stereocenters. The summed E-state index contributed by atoms with van der Waals surface area (Å²) in [5.41, 5.74) is 8.09. The Hall–Kier alpha value is -0.940. The topological polar surface area (TPSA) is 51.8 Å². The number of nitrogens with zero attached hydrogens (tertiary/aromatic N) is 2. The van der Waals surface area contributed by atoms with Crippen LogP contribution < -0.4 is 5.73 Å². The quantitative estimate of drug-likeness (QED) is 0.862. The predicted octanol–water partition coefficient (Wildman–Crippen LogP) is 4.13. The second-order valence-corrected chi connectivity index (χ2v) is 6.05. The smallest absolute Gasteiger partial charge is 0.141 e. The fraction of sp³-hybridized carbons (Fsp3) is 0.286. The van der Waals surface area contributed by atoms with Crippen LogP contribution in [0.3, 0.4) is 0 Å². The third-order valence-corrected chi connectivity index (χ3v) is 4.15. The van der Waals surface area contributed by atoms with Crippen molar-refractivity contribution in [3.8, 4) is 0 Å². The van der Waals surface area contributed by atoms with E-state index in [2.05, 4.69) is 60.9 Å². The summed E-state index contributed by atoms with van der Waals surface area (Å²) in [5.74, 6) is 1.29. The summed E-state index contributed by atoms with van der Waals surface area (Å²) >= 11 is 6.88. The number of aryl methyl sites for hydroxylation is 1. The van der Waals surface area contributed by atoms with Crippen molar-refractivity contribution in [1.82, 2.24) is 9.97 Å². The van der Waals surface area contributed by atoms with Crippen LogP contribution in [0.4, 0.5) is 5.82 Å². The molecule has 2 aromatic rings. The maximum absolute atomic E-state index is 5.92. The van der Waals surface area contributed by atoms with Gasteiger partial charge in [0.15, 0.2) is 0 Å². The number of benzene rings is 1. The van der Waals surface area contributed by atoms with Gasteiger partial charge in [0, 0.05) is 10.9 Å². The first-order valence-electron chi connectivity index (χ1n) is 6.15. The van der Waals surface area contributed by atoms with Gasteiger partial charge in [-0.15, -0.1) is 0 Å². The highest BCUT2D eigenvalue weighted by atomic mass is 79.9. The number of aromatic nitrogens is 2. The van der Waals surface area contributed by atoms with E-state index < -0.39 is 0 Å². The normalized spacial score (nSPS) is 10.7. The average Bonchev–Trinajstić information content (AvgIpc) is 2.38. The molecule has 0 saturated heterocycles. The Bertz CT molecular complexity index is 568. The maximum Gasteiger partial charge on any atom is 0.141 e. The van der Waals surface area contributed by atoms with Gasteiger partial charge in [0.25, 0.3) is 0 Å². The molecule has 100 valence electrons. The van der Waals surface area contributed by atoms with Crippen LogP contribution >= 0.6 is 31.9 Å². The second-order valence-electron chi connectivity index (χ2n) is 4.34. The summed E-state index contributed by atoms with van der Waals surface area (Å²) in [6.45, 7) is 2.12. The van der Waals surface area contributed by atoms with Crippen molar-refractivity contribution in [2.75, 3.05) is 5.73 Å². The zero-order chi connectivity index (χ0) is 13.8. The zero-order valence-electron chi connectivity index (χ0n) is 10.7. The van der Waals surface area contributed by atoms with Gasteiger partial charge in [0.1, 0.15) is 11.6 Å². The minimum atomic E-state index is 0.519. The molecule has 0 aliphatic carbocycles. The summed E-state index contributed by atoms with van der Waals surface area (Å²) in [5, 5.41) is 0. The Morgan fingerprint density at radius 1 is 1.11 bits per heavy atom. The van der Waals surface area contributed by atoms with Gasteiger partial charge in [0.2, 0.25) is 0 Å². The Balaban J connectivity index is 2.27. The fourth-order valence-electron chi connectivity index (χ4n) is 1.83. The van der Waals surface area contributed by atoms with Crippen molar-refractivity contribution < 1.29 is 0 Å². The first kappa shape index (κ1) is 14.5.